The van der Waals surface area contributed by atoms with E-state index in [0.717, 1.165) is 13.0 Å². The molecule has 3 nitrogen and oxygen atoms in total. The van der Waals surface area contributed by atoms with Gasteiger partial charge in [-0.05, 0) is 34.1 Å². The van der Waals surface area contributed by atoms with Crippen molar-refractivity contribution in [2.45, 2.75) is 46.1 Å². The fraction of sp³-hybridized carbons (Fsp3) is 0.800. The third-order valence-electron chi connectivity index (χ3n) is 1.40. The van der Waals surface area contributed by atoms with Gasteiger partial charge in [0.15, 0.2) is 0 Å². The van der Waals surface area contributed by atoms with Crippen LogP contribution in [0, 0.1) is 0 Å². The summed E-state index contributed by atoms with van der Waals surface area (Å²) in [5.41, 5.74) is 0.0735. The number of Topliss-reactive ketones (excluding diaryl/α,β-unsaturated/α-hetero) is 1. The summed E-state index contributed by atoms with van der Waals surface area (Å²) >= 11 is 0. The van der Waals surface area contributed by atoms with Crippen molar-refractivity contribution in [2.24, 2.45) is 4.99 Å². The minimum absolute atomic E-state index is 0.0735. The molecule has 0 aliphatic rings. The van der Waals surface area contributed by atoms with Gasteiger partial charge in [-0.2, -0.15) is 0 Å². The molecule has 0 atom stereocenters. The standard InChI is InChI=1S/C10H20N2O/c1-9(13)6-5-7-11-8-12-10(2,3)4/h8H,5-7H2,1-4H3,(H,11,12). The van der Waals surface area contributed by atoms with Crippen LogP contribution in [-0.2, 0) is 4.79 Å². The molecule has 0 aliphatic heterocycles. The minimum Gasteiger partial charge on any atom is -0.372 e. The van der Waals surface area contributed by atoms with Gasteiger partial charge in [-0.1, -0.05) is 0 Å². The zero-order valence-electron chi connectivity index (χ0n) is 9.05. The number of aliphatic imine (C=N–C) groups is 1. The third-order valence-corrected chi connectivity index (χ3v) is 1.40. The van der Waals surface area contributed by atoms with Crippen molar-refractivity contribution in [1.29, 1.82) is 0 Å². The fourth-order valence-electron chi connectivity index (χ4n) is 0.723. The Morgan fingerprint density at radius 3 is 2.54 bits per heavy atom. The average molecular weight is 184 g/mol. The molecule has 0 aromatic carbocycles. The van der Waals surface area contributed by atoms with Gasteiger partial charge in [0.1, 0.15) is 5.78 Å². The molecule has 1 N–H and O–H groups in total. The maximum absolute atomic E-state index is 10.6. The fourth-order valence-corrected chi connectivity index (χ4v) is 0.723. The van der Waals surface area contributed by atoms with Crippen molar-refractivity contribution < 1.29 is 4.79 Å². The van der Waals surface area contributed by atoms with Crippen LogP contribution in [0.1, 0.15) is 40.5 Å². The molecule has 0 radical (unpaired) electrons. The van der Waals surface area contributed by atoms with Gasteiger partial charge in [-0.15, -0.1) is 0 Å². The lowest BCUT2D eigenvalue weighted by Gasteiger charge is -2.17. The van der Waals surface area contributed by atoms with Gasteiger partial charge in [0.05, 0.1) is 6.34 Å². The normalized spacial score (nSPS) is 12.0. The molecule has 0 bridgehead atoms. The molecule has 13 heavy (non-hydrogen) atoms. The number of hydrogen-bond donors (Lipinski definition) is 1. The van der Waals surface area contributed by atoms with E-state index < -0.39 is 0 Å². The largest absolute Gasteiger partial charge is 0.372 e. The molecule has 0 amide bonds. The van der Waals surface area contributed by atoms with Gasteiger partial charge in [-0.3, -0.25) is 4.99 Å². The molecule has 0 saturated heterocycles. The van der Waals surface area contributed by atoms with Crippen LogP contribution < -0.4 is 5.32 Å². The van der Waals surface area contributed by atoms with Crippen LogP contribution in [0.4, 0.5) is 0 Å². The maximum atomic E-state index is 10.6. The summed E-state index contributed by atoms with van der Waals surface area (Å²) in [6.07, 6.45) is 3.20. The monoisotopic (exact) mass is 184 g/mol. The lowest BCUT2D eigenvalue weighted by atomic mass is 10.1. The molecular formula is C10H20N2O. The molecule has 0 saturated carbocycles. The maximum Gasteiger partial charge on any atom is 0.129 e. The highest BCUT2D eigenvalue weighted by Gasteiger charge is 2.04. The van der Waals surface area contributed by atoms with Crippen LogP contribution in [0.3, 0.4) is 0 Å². The Morgan fingerprint density at radius 2 is 2.08 bits per heavy atom. The number of carbonyl (C=O) groups is 1. The Morgan fingerprint density at radius 1 is 1.46 bits per heavy atom. The lowest BCUT2D eigenvalue weighted by molar-refractivity contribution is -0.117. The van der Waals surface area contributed by atoms with Crippen molar-refractivity contribution in [2.75, 3.05) is 6.54 Å². The Balaban J connectivity index is 3.38. The Kier molecular flexibility index (Phi) is 5.35. The van der Waals surface area contributed by atoms with Gasteiger partial charge < -0.3 is 10.1 Å². The number of nitrogens with one attached hydrogen (secondary N) is 1. The predicted molar refractivity (Wildman–Crippen MR) is 56.2 cm³/mol. The van der Waals surface area contributed by atoms with Crippen molar-refractivity contribution in [3.8, 4) is 0 Å². The highest BCUT2D eigenvalue weighted by molar-refractivity contribution is 5.75. The van der Waals surface area contributed by atoms with Crippen LogP contribution in [0.2, 0.25) is 0 Å². The van der Waals surface area contributed by atoms with E-state index in [-0.39, 0.29) is 11.3 Å². The SMILES string of the molecule is CC(=O)CCCN=CNC(C)(C)C. The molecule has 0 spiro atoms. The van der Waals surface area contributed by atoms with E-state index in [1.165, 1.54) is 0 Å². The van der Waals surface area contributed by atoms with Crippen LogP contribution in [-0.4, -0.2) is 24.2 Å². The van der Waals surface area contributed by atoms with Gasteiger partial charge in [0.2, 0.25) is 0 Å². The second-order valence-electron chi connectivity index (χ2n) is 4.24. The summed E-state index contributed by atoms with van der Waals surface area (Å²) in [6, 6.07) is 0. The van der Waals surface area contributed by atoms with E-state index in [4.69, 9.17) is 0 Å². The summed E-state index contributed by atoms with van der Waals surface area (Å²) in [5.74, 6) is 0.235. The zero-order valence-corrected chi connectivity index (χ0v) is 9.05. The zero-order chi connectivity index (χ0) is 10.3. The molecule has 0 aliphatic carbocycles. The van der Waals surface area contributed by atoms with Crippen LogP contribution in [0.5, 0.6) is 0 Å². The van der Waals surface area contributed by atoms with E-state index in [1.54, 1.807) is 13.3 Å². The van der Waals surface area contributed by atoms with E-state index in [2.05, 4.69) is 31.1 Å². The molecule has 0 fully saturated rings. The highest BCUT2D eigenvalue weighted by atomic mass is 16.1. The van der Waals surface area contributed by atoms with Crippen LogP contribution in [0.25, 0.3) is 0 Å². The highest BCUT2D eigenvalue weighted by Crippen LogP contribution is 1.95. The minimum atomic E-state index is 0.0735. The first-order chi connectivity index (χ1) is 5.92. The summed E-state index contributed by atoms with van der Waals surface area (Å²) < 4.78 is 0. The topological polar surface area (TPSA) is 41.5 Å². The average Bonchev–Trinajstić information content (AvgIpc) is 1.93. The molecule has 0 rings (SSSR count). The smallest absolute Gasteiger partial charge is 0.129 e. The first-order valence-electron chi connectivity index (χ1n) is 4.67. The van der Waals surface area contributed by atoms with Crippen molar-refractivity contribution >= 4 is 12.1 Å². The lowest BCUT2D eigenvalue weighted by Crippen LogP contribution is -2.34. The van der Waals surface area contributed by atoms with E-state index >= 15 is 0 Å². The second-order valence-corrected chi connectivity index (χ2v) is 4.24. The van der Waals surface area contributed by atoms with E-state index in [1.807, 2.05) is 0 Å². The number of rotatable bonds is 5. The Hall–Kier alpha value is -0.860. The molecule has 0 heterocycles. The number of nitrogens with zero attached hydrogens (tertiary/aromatic N) is 1. The van der Waals surface area contributed by atoms with Gasteiger partial charge in [-0.25, -0.2) is 0 Å². The third kappa shape index (κ3) is 11.1. The quantitative estimate of drug-likeness (QED) is 0.402. The number of carbonyl (C=O) groups excluding carboxylic acids is 1. The second kappa shape index (κ2) is 5.73. The van der Waals surface area contributed by atoms with Crippen LogP contribution in [0.15, 0.2) is 4.99 Å². The molecule has 0 unspecified atom stereocenters. The van der Waals surface area contributed by atoms with E-state index in [9.17, 15) is 4.79 Å². The summed E-state index contributed by atoms with van der Waals surface area (Å²) in [6.45, 7) is 8.57. The summed E-state index contributed by atoms with van der Waals surface area (Å²) in [5, 5.41) is 3.13. The van der Waals surface area contributed by atoms with Gasteiger partial charge in [0, 0.05) is 18.5 Å². The van der Waals surface area contributed by atoms with E-state index in [0.29, 0.717) is 6.42 Å². The number of ketones is 1. The van der Waals surface area contributed by atoms with Crippen molar-refractivity contribution in [1.82, 2.24) is 5.32 Å². The predicted octanol–water partition coefficient (Wildman–Crippen LogP) is 1.77. The number of hydrogen-bond acceptors (Lipinski definition) is 2. The molecule has 0 aromatic heterocycles. The molecule has 3 heteroatoms. The molecule has 76 valence electrons. The first kappa shape index (κ1) is 12.1. The molecular weight excluding hydrogens is 164 g/mol. The van der Waals surface area contributed by atoms with Gasteiger partial charge in [0.25, 0.3) is 0 Å². The molecule has 0 aromatic rings. The Bertz CT molecular complexity index is 180. The van der Waals surface area contributed by atoms with Crippen molar-refractivity contribution in [3.05, 3.63) is 0 Å². The first-order valence-corrected chi connectivity index (χ1v) is 4.67. The summed E-state index contributed by atoms with van der Waals surface area (Å²) in [7, 11) is 0. The van der Waals surface area contributed by atoms with Gasteiger partial charge >= 0.3 is 0 Å². The van der Waals surface area contributed by atoms with Crippen LogP contribution >= 0.6 is 0 Å². The van der Waals surface area contributed by atoms with Crippen molar-refractivity contribution in [3.63, 3.8) is 0 Å². The summed E-state index contributed by atoms with van der Waals surface area (Å²) in [4.78, 5) is 14.7. The Labute approximate surface area is 80.6 Å².